The van der Waals surface area contributed by atoms with Gasteiger partial charge in [0.2, 0.25) is 0 Å². The molecule has 1 N–H and O–H groups in total. The van der Waals surface area contributed by atoms with Crippen LogP contribution in [-0.4, -0.2) is 27.1 Å². The minimum absolute atomic E-state index is 0.324. The summed E-state index contributed by atoms with van der Waals surface area (Å²) >= 11 is 5.61. The molecule has 1 amide bonds. The number of amides is 1. The minimum Gasteiger partial charge on any atom is -0.444 e. The number of hydrogen-bond donors (Lipinski definition) is 1. The van der Waals surface area contributed by atoms with Crippen molar-refractivity contribution in [2.75, 3.05) is 0 Å². The maximum atomic E-state index is 12.7. The first kappa shape index (κ1) is 23.4. The first-order valence-corrected chi connectivity index (χ1v) is 11.2. The number of pyridine rings is 1. The van der Waals surface area contributed by atoms with Crippen molar-refractivity contribution >= 4 is 33.9 Å². The van der Waals surface area contributed by atoms with Crippen molar-refractivity contribution in [1.29, 1.82) is 0 Å². The predicted molar refractivity (Wildman–Crippen MR) is 130 cm³/mol. The standard InChI is InChI=1S/C26H24ClN3O4/c1-26(2,3)33-25(32)29-21(15-17-8-6-7-13-28-17)18-9-4-5-10-19(18)23-20-12-11-16(24(27)31)14-22(20)34-30-23/h4-14,21H,15H2,1-3H3,(H,29,32)/t21-/m0/s1. The molecule has 1 atom stereocenters. The third-order valence-electron chi connectivity index (χ3n) is 5.12. The first-order valence-electron chi connectivity index (χ1n) is 10.8. The summed E-state index contributed by atoms with van der Waals surface area (Å²) < 4.78 is 11.0. The van der Waals surface area contributed by atoms with Gasteiger partial charge in [-0.2, -0.15) is 0 Å². The van der Waals surface area contributed by atoms with E-state index in [0.717, 1.165) is 22.2 Å². The number of halogens is 1. The molecule has 0 aliphatic carbocycles. The lowest BCUT2D eigenvalue weighted by atomic mass is 9.93. The molecule has 0 aliphatic heterocycles. The summed E-state index contributed by atoms with van der Waals surface area (Å²) in [4.78, 5) is 28.7. The van der Waals surface area contributed by atoms with Crippen LogP contribution in [0.5, 0.6) is 0 Å². The average Bonchev–Trinajstić information content (AvgIpc) is 3.21. The van der Waals surface area contributed by atoms with Gasteiger partial charge in [0, 0.05) is 34.8 Å². The Morgan fingerprint density at radius 1 is 1.09 bits per heavy atom. The summed E-state index contributed by atoms with van der Waals surface area (Å²) in [6.45, 7) is 5.45. The van der Waals surface area contributed by atoms with Gasteiger partial charge in [-0.05, 0) is 68.3 Å². The molecule has 4 rings (SSSR count). The van der Waals surface area contributed by atoms with E-state index in [1.54, 1.807) is 24.4 Å². The Kier molecular flexibility index (Phi) is 6.65. The third-order valence-corrected chi connectivity index (χ3v) is 5.34. The van der Waals surface area contributed by atoms with E-state index in [-0.39, 0.29) is 0 Å². The molecule has 0 saturated carbocycles. The van der Waals surface area contributed by atoms with Crippen molar-refractivity contribution < 1.29 is 18.8 Å². The molecule has 2 aromatic carbocycles. The van der Waals surface area contributed by atoms with E-state index >= 15 is 0 Å². The number of nitrogens with zero attached hydrogens (tertiary/aromatic N) is 2. The van der Waals surface area contributed by atoms with Gasteiger partial charge in [0.05, 0.1) is 6.04 Å². The lowest BCUT2D eigenvalue weighted by Crippen LogP contribution is -2.36. The largest absolute Gasteiger partial charge is 0.444 e. The highest BCUT2D eigenvalue weighted by atomic mass is 35.5. The van der Waals surface area contributed by atoms with Gasteiger partial charge in [0.15, 0.2) is 5.58 Å². The molecule has 0 unspecified atom stereocenters. The normalized spacial score (nSPS) is 12.4. The van der Waals surface area contributed by atoms with Gasteiger partial charge >= 0.3 is 6.09 Å². The lowest BCUT2D eigenvalue weighted by molar-refractivity contribution is 0.0503. The second-order valence-corrected chi connectivity index (χ2v) is 9.17. The summed E-state index contributed by atoms with van der Waals surface area (Å²) in [5.74, 6) is 0. The minimum atomic E-state index is -0.640. The number of benzene rings is 2. The van der Waals surface area contributed by atoms with Crippen LogP contribution in [0.4, 0.5) is 4.79 Å². The molecule has 0 fully saturated rings. The summed E-state index contributed by atoms with van der Waals surface area (Å²) in [6.07, 6.45) is 1.63. The van der Waals surface area contributed by atoms with Crippen LogP contribution in [0.3, 0.4) is 0 Å². The van der Waals surface area contributed by atoms with Crippen LogP contribution in [0.1, 0.15) is 48.4 Å². The molecule has 0 spiro atoms. The fourth-order valence-corrected chi connectivity index (χ4v) is 3.80. The molecule has 0 radical (unpaired) electrons. The van der Waals surface area contributed by atoms with E-state index in [1.807, 2.05) is 63.2 Å². The van der Waals surface area contributed by atoms with Crippen molar-refractivity contribution in [3.63, 3.8) is 0 Å². The van der Waals surface area contributed by atoms with Crippen LogP contribution >= 0.6 is 11.6 Å². The topological polar surface area (TPSA) is 94.3 Å². The van der Waals surface area contributed by atoms with Crippen LogP contribution < -0.4 is 5.32 Å². The molecule has 0 bridgehead atoms. The Balaban J connectivity index is 1.76. The summed E-state index contributed by atoms with van der Waals surface area (Å²) in [7, 11) is 0. The summed E-state index contributed by atoms with van der Waals surface area (Å²) in [5.41, 5.74) is 3.14. The van der Waals surface area contributed by atoms with E-state index in [9.17, 15) is 9.59 Å². The van der Waals surface area contributed by atoms with Crippen LogP contribution in [-0.2, 0) is 11.2 Å². The fraction of sp³-hybridized carbons (Fsp3) is 0.231. The van der Waals surface area contributed by atoms with Crippen LogP contribution in [0, 0.1) is 0 Å². The Bertz CT molecular complexity index is 1330. The molecular weight excluding hydrogens is 454 g/mol. The quantitative estimate of drug-likeness (QED) is 0.338. The van der Waals surface area contributed by atoms with Crippen LogP contribution in [0.15, 0.2) is 71.4 Å². The lowest BCUT2D eigenvalue weighted by Gasteiger charge is -2.25. The molecule has 174 valence electrons. The summed E-state index contributed by atoms with van der Waals surface area (Å²) in [5, 5.41) is 7.41. The molecule has 4 aromatic rings. The van der Waals surface area contributed by atoms with Gasteiger partial charge in [-0.25, -0.2) is 4.79 Å². The Morgan fingerprint density at radius 2 is 1.85 bits per heavy atom. The molecule has 2 heterocycles. The van der Waals surface area contributed by atoms with E-state index < -0.39 is 23.0 Å². The van der Waals surface area contributed by atoms with Gasteiger partial charge in [0.25, 0.3) is 5.24 Å². The number of aromatic nitrogens is 2. The first-order chi connectivity index (χ1) is 16.2. The van der Waals surface area contributed by atoms with Crippen molar-refractivity contribution in [2.24, 2.45) is 0 Å². The second-order valence-electron chi connectivity index (χ2n) is 8.83. The van der Waals surface area contributed by atoms with Crippen molar-refractivity contribution in [3.05, 3.63) is 83.7 Å². The number of nitrogens with one attached hydrogen (secondary N) is 1. The molecular formula is C26H24ClN3O4. The fourth-order valence-electron chi connectivity index (χ4n) is 3.69. The molecule has 2 aromatic heterocycles. The maximum absolute atomic E-state index is 12.7. The van der Waals surface area contributed by atoms with E-state index in [0.29, 0.717) is 23.3 Å². The van der Waals surface area contributed by atoms with Crippen molar-refractivity contribution in [3.8, 4) is 11.3 Å². The Labute approximate surface area is 202 Å². The highest BCUT2D eigenvalue weighted by Gasteiger charge is 2.25. The zero-order valence-electron chi connectivity index (χ0n) is 19.0. The Morgan fingerprint density at radius 3 is 2.56 bits per heavy atom. The van der Waals surface area contributed by atoms with Gasteiger partial charge in [-0.3, -0.25) is 9.78 Å². The number of ether oxygens (including phenoxy) is 1. The second kappa shape index (κ2) is 9.65. The smallest absolute Gasteiger partial charge is 0.408 e. The van der Waals surface area contributed by atoms with E-state index in [1.165, 1.54) is 0 Å². The average molecular weight is 478 g/mol. The van der Waals surface area contributed by atoms with Gasteiger partial charge < -0.3 is 14.6 Å². The highest BCUT2D eigenvalue weighted by Crippen LogP contribution is 2.34. The molecule has 34 heavy (non-hydrogen) atoms. The monoisotopic (exact) mass is 477 g/mol. The van der Waals surface area contributed by atoms with Gasteiger partial charge in [0.1, 0.15) is 11.3 Å². The summed E-state index contributed by atoms with van der Waals surface area (Å²) in [6, 6.07) is 17.8. The SMILES string of the molecule is CC(C)(C)OC(=O)N[C@@H](Cc1ccccn1)c1ccccc1-c1noc2cc(C(=O)Cl)ccc12. The molecule has 0 aliphatic rings. The van der Waals surface area contributed by atoms with Gasteiger partial charge in [-0.15, -0.1) is 0 Å². The highest BCUT2D eigenvalue weighted by molar-refractivity contribution is 6.67. The zero-order valence-corrected chi connectivity index (χ0v) is 19.8. The predicted octanol–water partition coefficient (Wildman–Crippen LogP) is 6.08. The molecule has 7 nitrogen and oxygen atoms in total. The van der Waals surface area contributed by atoms with Crippen LogP contribution in [0.25, 0.3) is 22.2 Å². The van der Waals surface area contributed by atoms with Crippen molar-refractivity contribution in [1.82, 2.24) is 15.5 Å². The molecule has 0 saturated heterocycles. The number of hydrogen-bond acceptors (Lipinski definition) is 6. The van der Waals surface area contributed by atoms with Crippen molar-refractivity contribution in [2.45, 2.75) is 38.8 Å². The third kappa shape index (κ3) is 5.43. The molecule has 8 heteroatoms. The van der Waals surface area contributed by atoms with E-state index in [2.05, 4.69) is 15.5 Å². The number of rotatable bonds is 6. The number of carbonyl (C=O) groups is 2. The van der Waals surface area contributed by atoms with Crippen LogP contribution in [0.2, 0.25) is 0 Å². The zero-order chi connectivity index (χ0) is 24.3. The number of alkyl carbamates (subject to hydrolysis) is 1. The number of fused-ring (bicyclic) bond motifs is 1. The Hall–Kier alpha value is -3.71. The number of carbonyl (C=O) groups excluding carboxylic acids is 2. The maximum Gasteiger partial charge on any atom is 0.408 e. The van der Waals surface area contributed by atoms with Gasteiger partial charge in [-0.1, -0.05) is 35.5 Å². The van der Waals surface area contributed by atoms with E-state index in [4.69, 9.17) is 20.9 Å².